The molecule has 1 aliphatic heterocycles. The van der Waals surface area contributed by atoms with Crippen molar-refractivity contribution in [3.8, 4) is 5.75 Å². The highest BCUT2D eigenvalue weighted by Crippen LogP contribution is 2.40. The Labute approximate surface area is 227 Å². The van der Waals surface area contributed by atoms with E-state index in [0.29, 0.717) is 0 Å². The molecule has 208 valence electrons. The first kappa shape index (κ1) is 28.7. The summed E-state index contributed by atoms with van der Waals surface area (Å²) in [7, 11) is -4.25. The van der Waals surface area contributed by atoms with E-state index in [-0.39, 0.29) is 41.3 Å². The van der Waals surface area contributed by atoms with Crippen molar-refractivity contribution in [3.63, 3.8) is 0 Å². The minimum absolute atomic E-state index is 0.00780. The molecule has 0 spiro atoms. The van der Waals surface area contributed by atoms with Gasteiger partial charge in [-0.15, -0.1) is 0 Å². The zero-order chi connectivity index (χ0) is 28.5. The van der Waals surface area contributed by atoms with Crippen LogP contribution in [0.1, 0.15) is 29.8 Å². The van der Waals surface area contributed by atoms with E-state index >= 15 is 0 Å². The number of rotatable bonds is 7. The lowest BCUT2D eigenvalue weighted by Gasteiger charge is -2.36. The van der Waals surface area contributed by atoms with Gasteiger partial charge in [0.2, 0.25) is 0 Å². The number of alkyl halides is 3. The fourth-order valence-corrected chi connectivity index (χ4v) is 5.68. The summed E-state index contributed by atoms with van der Waals surface area (Å²) in [5, 5.41) is 1.95. The van der Waals surface area contributed by atoms with Crippen molar-refractivity contribution in [1.29, 1.82) is 0 Å². The molecule has 0 aliphatic carbocycles. The van der Waals surface area contributed by atoms with E-state index < -0.39 is 50.2 Å². The number of nitrogens with one attached hydrogen (secondary N) is 1. The third kappa shape index (κ3) is 6.29. The van der Waals surface area contributed by atoms with E-state index in [0.717, 1.165) is 46.8 Å². The number of benzene rings is 3. The quantitative estimate of drug-likeness (QED) is 0.337. The number of sulfonamides is 1. The highest BCUT2D eigenvalue weighted by atomic mass is 35.5. The van der Waals surface area contributed by atoms with Crippen LogP contribution in [0.25, 0.3) is 0 Å². The molecule has 0 fully saturated rings. The Hall–Kier alpha value is -3.35. The topological polar surface area (TPSA) is 84.9 Å². The monoisotopic (exact) mass is 586 g/mol. The molecule has 39 heavy (non-hydrogen) atoms. The molecule has 1 unspecified atom stereocenters. The van der Waals surface area contributed by atoms with Crippen LogP contribution in [0, 0.1) is 5.82 Å². The van der Waals surface area contributed by atoms with Crippen molar-refractivity contribution in [2.45, 2.75) is 37.1 Å². The van der Waals surface area contributed by atoms with E-state index in [1.807, 2.05) is 13.8 Å². The van der Waals surface area contributed by atoms with Crippen LogP contribution in [-0.4, -0.2) is 39.7 Å². The van der Waals surface area contributed by atoms with Gasteiger partial charge >= 0.3 is 6.18 Å². The average molecular weight is 587 g/mol. The molecule has 3 aromatic carbocycles. The largest absolute Gasteiger partial charge is 0.484 e. The second-order valence-electron chi connectivity index (χ2n) is 8.91. The second kappa shape index (κ2) is 11.0. The van der Waals surface area contributed by atoms with Gasteiger partial charge in [0.15, 0.2) is 0 Å². The minimum atomic E-state index is -4.84. The van der Waals surface area contributed by atoms with Crippen molar-refractivity contribution >= 4 is 38.9 Å². The molecular weight excluding hydrogens is 564 g/mol. The Bertz CT molecular complexity index is 1480. The van der Waals surface area contributed by atoms with Crippen molar-refractivity contribution in [1.82, 2.24) is 0 Å². The van der Waals surface area contributed by atoms with Crippen LogP contribution in [0.3, 0.4) is 0 Å². The Morgan fingerprint density at radius 3 is 2.49 bits per heavy atom. The van der Waals surface area contributed by atoms with Gasteiger partial charge in [-0.25, -0.2) is 12.8 Å². The van der Waals surface area contributed by atoms with Crippen LogP contribution in [0.4, 0.5) is 28.9 Å². The summed E-state index contributed by atoms with van der Waals surface area (Å²) in [6.45, 7) is 3.50. The first-order valence-electron chi connectivity index (χ1n) is 11.6. The summed E-state index contributed by atoms with van der Waals surface area (Å²) >= 11 is 5.93. The minimum Gasteiger partial charge on any atom is -0.484 e. The number of carbonyl (C=O) groups is 1. The molecule has 4 rings (SSSR count). The molecule has 0 bridgehead atoms. The number of hydrogen-bond donors (Lipinski definition) is 1. The first-order valence-corrected chi connectivity index (χ1v) is 13.5. The van der Waals surface area contributed by atoms with E-state index in [4.69, 9.17) is 21.1 Å². The molecule has 1 aliphatic rings. The zero-order valence-corrected chi connectivity index (χ0v) is 22.2. The number of amides is 1. The Morgan fingerprint density at radius 2 is 1.85 bits per heavy atom. The van der Waals surface area contributed by atoms with Gasteiger partial charge in [0.05, 0.1) is 46.0 Å². The normalized spacial score (nSPS) is 15.6. The van der Waals surface area contributed by atoms with Crippen LogP contribution in [-0.2, 0) is 20.9 Å². The van der Waals surface area contributed by atoms with Gasteiger partial charge in [-0.2, -0.15) is 13.2 Å². The second-order valence-corrected chi connectivity index (χ2v) is 11.2. The summed E-state index contributed by atoms with van der Waals surface area (Å²) in [6.07, 6.45) is -5.69. The predicted octanol–water partition coefficient (Wildman–Crippen LogP) is 6.13. The maximum atomic E-state index is 13.6. The summed E-state index contributed by atoms with van der Waals surface area (Å²) in [5.74, 6) is -1.63. The molecule has 1 atom stereocenters. The van der Waals surface area contributed by atoms with Crippen LogP contribution in [0.2, 0.25) is 5.02 Å². The number of nitrogens with zero attached hydrogens (tertiary/aromatic N) is 1. The van der Waals surface area contributed by atoms with Gasteiger partial charge in [0.25, 0.3) is 15.9 Å². The molecule has 0 saturated heterocycles. The third-order valence-electron chi connectivity index (χ3n) is 5.71. The summed E-state index contributed by atoms with van der Waals surface area (Å²) in [5.41, 5.74) is -1.98. The zero-order valence-electron chi connectivity index (χ0n) is 20.6. The van der Waals surface area contributed by atoms with E-state index in [1.54, 1.807) is 0 Å². The van der Waals surface area contributed by atoms with Gasteiger partial charge in [-0.1, -0.05) is 17.7 Å². The average Bonchev–Trinajstić information content (AvgIpc) is 2.86. The SMILES string of the molecule is CC(C)OCC1CN(S(=O)(=O)c2ccc(F)cc2)c2cc(NC(=O)c3c(Cl)cccc3C(F)(F)F)ccc2O1. The van der Waals surface area contributed by atoms with Gasteiger partial charge in [0.1, 0.15) is 17.7 Å². The van der Waals surface area contributed by atoms with Crippen LogP contribution < -0.4 is 14.4 Å². The molecule has 0 aromatic heterocycles. The van der Waals surface area contributed by atoms with Crippen molar-refractivity contribution in [2.75, 3.05) is 22.8 Å². The lowest BCUT2D eigenvalue weighted by atomic mass is 10.1. The molecule has 7 nitrogen and oxygen atoms in total. The fourth-order valence-electron chi connectivity index (χ4n) is 3.92. The van der Waals surface area contributed by atoms with E-state index in [1.165, 1.54) is 18.2 Å². The van der Waals surface area contributed by atoms with Crippen LogP contribution >= 0.6 is 11.6 Å². The number of carbonyl (C=O) groups excluding carboxylic acids is 1. The highest BCUT2D eigenvalue weighted by Gasteiger charge is 2.37. The number of halogens is 5. The maximum absolute atomic E-state index is 13.6. The third-order valence-corrected chi connectivity index (χ3v) is 7.82. The van der Waals surface area contributed by atoms with Crippen LogP contribution in [0.15, 0.2) is 65.6 Å². The lowest BCUT2D eigenvalue weighted by molar-refractivity contribution is -0.137. The van der Waals surface area contributed by atoms with Gasteiger partial charge < -0.3 is 14.8 Å². The van der Waals surface area contributed by atoms with Gasteiger partial charge in [-0.3, -0.25) is 9.10 Å². The smallest absolute Gasteiger partial charge is 0.417 e. The molecular formula is C26H23ClF4N2O5S. The number of hydrogen-bond acceptors (Lipinski definition) is 5. The molecule has 0 saturated carbocycles. The van der Waals surface area contributed by atoms with Gasteiger partial charge in [-0.05, 0) is 68.4 Å². The van der Waals surface area contributed by atoms with Crippen molar-refractivity contribution in [3.05, 3.63) is 82.6 Å². The number of anilines is 2. The van der Waals surface area contributed by atoms with E-state index in [2.05, 4.69) is 5.32 Å². The van der Waals surface area contributed by atoms with Crippen molar-refractivity contribution < 1.29 is 40.2 Å². The molecule has 0 radical (unpaired) electrons. The Balaban J connectivity index is 1.72. The molecule has 13 heteroatoms. The molecule has 1 N–H and O–H groups in total. The van der Waals surface area contributed by atoms with Crippen molar-refractivity contribution in [2.24, 2.45) is 0 Å². The molecule has 3 aromatic rings. The highest BCUT2D eigenvalue weighted by molar-refractivity contribution is 7.92. The predicted molar refractivity (Wildman–Crippen MR) is 137 cm³/mol. The lowest BCUT2D eigenvalue weighted by Crippen LogP contribution is -2.45. The van der Waals surface area contributed by atoms with Crippen LogP contribution in [0.5, 0.6) is 5.75 Å². The molecule has 1 heterocycles. The summed E-state index contributed by atoms with van der Waals surface area (Å²) in [6, 6.07) is 11.2. The maximum Gasteiger partial charge on any atom is 0.417 e. The Morgan fingerprint density at radius 1 is 1.15 bits per heavy atom. The molecule has 1 amide bonds. The number of fused-ring (bicyclic) bond motifs is 1. The first-order chi connectivity index (χ1) is 18.3. The van der Waals surface area contributed by atoms with Gasteiger partial charge in [0, 0.05) is 5.69 Å². The van der Waals surface area contributed by atoms with E-state index in [9.17, 15) is 30.8 Å². The number of ether oxygens (including phenoxy) is 2. The summed E-state index contributed by atoms with van der Waals surface area (Å²) < 4.78 is 93.7. The summed E-state index contributed by atoms with van der Waals surface area (Å²) in [4.78, 5) is 12.7. The standard InChI is InChI=1S/C26H23ClF4N2O5S/c1-15(2)37-14-18-13-33(39(35,36)19-9-6-16(28)7-10-19)22-12-17(8-11-23(22)38-18)32-25(34)24-20(26(29,30)31)4-3-5-21(24)27/h3-12,15,18H,13-14H2,1-2H3,(H,32,34). The Kier molecular flexibility index (Phi) is 8.10. The fraction of sp³-hybridized carbons (Fsp3) is 0.269.